The van der Waals surface area contributed by atoms with Gasteiger partial charge >= 0.3 is 5.97 Å². The van der Waals surface area contributed by atoms with Gasteiger partial charge in [-0.25, -0.2) is 9.18 Å². The van der Waals surface area contributed by atoms with Gasteiger partial charge in [-0.1, -0.05) is 0 Å². The van der Waals surface area contributed by atoms with Crippen LogP contribution in [0.5, 0.6) is 0 Å². The summed E-state index contributed by atoms with van der Waals surface area (Å²) in [6.07, 6.45) is 1.45. The number of anilines is 1. The van der Waals surface area contributed by atoms with Gasteiger partial charge in [0.2, 0.25) is 0 Å². The van der Waals surface area contributed by atoms with Gasteiger partial charge in [0.1, 0.15) is 11.6 Å². The van der Waals surface area contributed by atoms with Gasteiger partial charge in [0.05, 0.1) is 24.6 Å². The first-order valence-electron chi connectivity index (χ1n) is 4.85. The van der Waals surface area contributed by atoms with E-state index >= 15 is 0 Å². The number of carbonyl (C=O) groups excluding carboxylic acids is 1. The molecule has 1 aromatic heterocycles. The molecule has 2 N–H and O–H groups in total. The lowest BCUT2D eigenvalue weighted by atomic mass is 10.0. The number of rotatable bonds is 2. The normalized spacial score (nSPS) is 10.2. The van der Waals surface area contributed by atoms with E-state index < -0.39 is 11.8 Å². The van der Waals surface area contributed by atoms with E-state index in [0.29, 0.717) is 11.3 Å². The number of furan rings is 1. The van der Waals surface area contributed by atoms with Gasteiger partial charge in [0.15, 0.2) is 0 Å². The first kappa shape index (κ1) is 11.2. The quantitative estimate of drug-likeness (QED) is 0.641. The number of halogens is 1. The van der Waals surface area contributed by atoms with Crippen LogP contribution in [0.4, 0.5) is 10.1 Å². The third-order valence-electron chi connectivity index (χ3n) is 2.37. The standard InChI is InChI=1S/C12H10FNO3/c1-16-12(15)10-7(9-3-2-6-17-9)4-5-8(13)11(10)14/h2-6H,14H2,1H3. The Bertz CT molecular complexity index is 549. The van der Waals surface area contributed by atoms with Crippen molar-refractivity contribution in [2.24, 2.45) is 0 Å². The lowest BCUT2D eigenvalue weighted by Gasteiger charge is -2.09. The highest BCUT2D eigenvalue weighted by Crippen LogP contribution is 2.30. The summed E-state index contributed by atoms with van der Waals surface area (Å²) in [4.78, 5) is 11.6. The number of esters is 1. The zero-order valence-electron chi connectivity index (χ0n) is 9.07. The maximum absolute atomic E-state index is 13.3. The van der Waals surface area contributed by atoms with Crippen LogP contribution in [-0.4, -0.2) is 13.1 Å². The minimum absolute atomic E-state index is 0.0255. The number of carbonyl (C=O) groups is 1. The molecule has 0 bridgehead atoms. The predicted octanol–water partition coefficient (Wildman–Crippen LogP) is 2.45. The van der Waals surface area contributed by atoms with Crippen molar-refractivity contribution in [3.05, 3.63) is 41.9 Å². The van der Waals surface area contributed by atoms with E-state index in [0.717, 1.165) is 0 Å². The molecule has 0 aliphatic heterocycles. The average molecular weight is 235 g/mol. The van der Waals surface area contributed by atoms with Crippen molar-refractivity contribution < 1.29 is 18.3 Å². The molecule has 2 aromatic rings. The fourth-order valence-corrected chi connectivity index (χ4v) is 1.55. The molecule has 4 nitrogen and oxygen atoms in total. The number of benzene rings is 1. The summed E-state index contributed by atoms with van der Waals surface area (Å²) in [5.41, 5.74) is 5.68. The van der Waals surface area contributed by atoms with Crippen LogP contribution >= 0.6 is 0 Å². The van der Waals surface area contributed by atoms with Gasteiger partial charge in [-0.15, -0.1) is 0 Å². The molecule has 0 aliphatic rings. The second-order valence-corrected chi connectivity index (χ2v) is 3.35. The van der Waals surface area contributed by atoms with Gasteiger partial charge in [-0.2, -0.15) is 0 Å². The van der Waals surface area contributed by atoms with Crippen LogP contribution in [0.2, 0.25) is 0 Å². The van der Waals surface area contributed by atoms with Crippen molar-refractivity contribution in [1.29, 1.82) is 0 Å². The Hall–Kier alpha value is -2.30. The van der Waals surface area contributed by atoms with Crippen molar-refractivity contribution in [3.8, 4) is 11.3 Å². The summed E-state index contributed by atoms with van der Waals surface area (Å²) >= 11 is 0. The zero-order chi connectivity index (χ0) is 12.4. The average Bonchev–Trinajstić information content (AvgIpc) is 2.85. The fraction of sp³-hybridized carbons (Fsp3) is 0.0833. The van der Waals surface area contributed by atoms with E-state index in [2.05, 4.69) is 4.74 Å². The molecule has 1 heterocycles. The van der Waals surface area contributed by atoms with Crippen LogP contribution in [-0.2, 0) is 4.74 Å². The smallest absolute Gasteiger partial charge is 0.340 e. The van der Waals surface area contributed by atoms with Crippen molar-refractivity contribution in [2.45, 2.75) is 0 Å². The van der Waals surface area contributed by atoms with Crippen LogP contribution in [0.3, 0.4) is 0 Å². The van der Waals surface area contributed by atoms with Gasteiger partial charge in [0.25, 0.3) is 0 Å². The number of hydrogen-bond acceptors (Lipinski definition) is 4. The summed E-state index contributed by atoms with van der Waals surface area (Å²) in [7, 11) is 1.21. The van der Waals surface area contributed by atoms with Crippen molar-refractivity contribution in [1.82, 2.24) is 0 Å². The molecular weight excluding hydrogens is 225 g/mol. The molecule has 0 atom stereocenters. The van der Waals surface area contributed by atoms with Crippen LogP contribution in [0, 0.1) is 5.82 Å². The Kier molecular flexibility index (Phi) is 2.82. The summed E-state index contributed by atoms with van der Waals surface area (Å²) in [5, 5.41) is 0. The third kappa shape index (κ3) is 1.87. The maximum Gasteiger partial charge on any atom is 0.340 e. The molecule has 88 valence electrons. The van der Waals surface area contributed by atoms with Crippen molar-refractivity contribution in [2.75, 3.05) is 12.8 Å². The molecule has 17 heavy (non-hydrogen) atoms. The second kappa shape index (κ2) is 4.29. The summed E-state index contributed by atoms with van der Waals surface area (Å²) < 4.78 is 23.1. The van der Waals surface area contributed by atoms with Gasteiger partial charge in [-0.3, -0.25) is 0 Å². The molecule has 0 aliphatic carbocycles. The van der Waals surface area contributed by atoms with Crippen molar-refractivity contribution >= 4 is 11.7 Å². The van der Waals surface area contributed by atoms with E-state index in [1.165, 1.54) is 25.5 Å². The molecule has 5 heteroatoms. The van der Waals surface area contributed by atoms with Crippen LogP contribution in [0.25, 0.3) is 11.3 Å². The number of ether oxygens (including phenoxy) is 1. The SMILES string of the molecule is COC(=O)c1c(-c2ccco2)ccc(F)c1N. The molecule has 0 fully saturated rings. The largest absolute Gasteiger partial charge is 0.465 e. The van der Waals surface area contributed by atoms with Gasteiger partial charge in [0, 0.05) is 5.56 Å². The van der Waals surface area contributed by atoms with Crippen LogP contribution < -0.4 is 5.73 Å². The minimum atomic E-state index is -0.701. The Morgan fingerprint density at radius 3 is 2.76 bits per heavy atom. The van der Waals surface area contributed by atoms with E-state index in [1.54, 1.807) is 12.1 Å². The monoisotopic (exact) mass is 235 g/mol. The second-order valence-electron chi connectivity index (χ2n) is 3.35. The summed E-state index contributed by atoms with van der Waals surface area (Å²) in [5.74, 6) is -0.939. The third-order valence-corrected chi connectivity index (χ3v) is 2.37. The van der Waals surface area contributed by atoms with E-state index in [9.17, 15) is 9.18 Å². The lowest BCUT2D eigenvalue weighted by Crippen LogP contribution is -2.09. The first-order valence-corrected chi connectivity index (χ1v) is 4.85. The minimum Gasteiger partial charge on any atom is -0.465 e. The Morgan fingerprint density at radius 2 is 2.18 bits per heavy atom. The van der Waals surface area contributed by atoms with Crippen LogP contribution in [0.15, 0.2) is 34.9 Å². The van der Waals surface area contributed by atoms with E-state index in [1.807, 2.05) is 0 Å². The summed E-state index contributed by atoms with van der Waals surface area (Å²) in [6, 6.07) is 5.92. The number of nitrogens with two attached hydrogens (primary N) is 1. The Labute approximate surface area is 96.8 Å². The predicted molar refractivity (Wildman–Crippen MR) is 59.9 cm³/mol. The molecule has 0 amide bonds. The van der Waals surface area contributed by atoms with E-state index in [4.69, 9.17) is 10.2 Å². The molecule has 0 unspecified atom stereocenters. The molecule has 0 radical (unpaired) electrons. The molecule has 0 spiro atoms. The lowest BCUT2D eigenvalue weighted by molar-refractivity contribution is 0.0602. The molecule has 2 rings (SSSR count). The molecular formula is C12H10FNO3. The number of nitrogen functional groups attached to an aromatic ring is 1. The van der Waals surface area contributed by atoms with E-state index in [-0.39, 0.29) is 11.3 Å². The van der Waals surface area contributed by atoms with Gasteiger partial charge in [-0.05, 0) is 24.3 Å². The maximum atomic E-state index is 13.3. The van der Waals surface area contributed by atoms with Gasteiger partial charge < -0.3 is 14.9 Å². The zero-order valence-corrected chi connectivity index (χ0v) is 9.07. The fourth-order valence-electron chi connectivity index (χ4n) is 1.55. The Balaban J connectivity index is 2.68. The first-order chi connectivity index (χ1) is 8.15. The number of hydrogen-bond donors (Lipinski definition) is 1. The molecule has 1 aromatic carbocycles. The Morgan fingerprint density at radius 1 is 1.41 bits per heavy atom. The highest BCUT2D eigenvalue weighted by atomic mass is 19.1. The van der Waals surface area contributed by atoms with Crippen molar-refractivity contribution in [3.63, 3.8) is 0 Å². The highest BCUT2D eigenvalue weighted by Gasteiger charge is 2.20. The number of methoxy groups -OCH3 is 1. The summed E-state index contributed by atoms with van der Waals surface area (Å²) in [6.45, 7) is 0. The van der Waals surface area contributed by atoms with Crippen LogP contribution in [0.1, 0.15) is 10.4 Å². The molecule has 0 saturated carbocycles. The topological polar surface area (TPSA) is 65.5 Å². The molecule has 0 saturated heterocycles. The highest BCUT2D eigenvalue weighted by molar-refractivity contribution is 6.01.